The van der Waals surface area contributed by atoms with Crippen LogP contribution in [-0.2, 0) is 11.2 Å². The third kappa shape index (κ3) is 5.48. The molecular formula is C20H33N5O2. The fourth-order valence-corrected chi connectivity index (χ4v) is 3.96. The fourth-order valence-electron chi connectivity index (χ4n) is 3.96. The molecule has 7 heteroatoms. The van der Waals surface area contributed by atoms with Gasteiger partial charge in [-0.25, -0.2) is 0 Å². The van der Waals surface area contributed by atoms with Crippen molar-refractivity contribution in [2.24, 2.45) is 4.99 Å². The van der Waals surface area contributed by atoms with Crippen LogP contribution >= 0.6 is 0 Å². The van der Waals surface area contributed by atoms with E-state index in [1.165, 1.54) is 19.4 Å². The first-order valence-corrected chi connectivity index (χ1v) is 10.2. The van der Waals surface area contributed by atoms with E-state index in [1.54, 1.807) is 13.2 Å². The van der Waals surface area contributed by atoms with Gasteiger partial charge in [-0.3, -0.25) is 14.7 Å². The summed E-state index contributed by atoms with van der Waals surface area (Å²) in [5, 5.41) is 3.52. The van der Waals surface area contributed by atoms with Crippen molar-refractivity contribution in [2.45, 2.75) is 39.2 Å². The zero-order valence-electron chi connectivity index (χ0n) is 16.7. The Morgan fingerprint density at radius 1 is 1.26 bits per heavy atom. The van der Waals surface area contributed by atoms with Crippen LogP contribution in [0.2, 0.25) is 0 Å². The fraction of sp³-hybridized carbons (Fsp3) is 0.700. The van der Waals surface area contributed by atoms with Crippen LogP contribution in [0.3, 0.4) is 0 Å². The van der Waals surface area contributed by atoms with E-state index in [0.717, 1.165) is 64.0 Å². The van der Waals surface area contributed by atoms with E-state index >= 15 is 0 Å². The Morgan fingerprint density at radius 2 is 2.04 bits per heavy atom. The van der Waals surface area contributed by atoms with Crippen LogP contribution in [0.25, 0.3) is 0 Å². The first kappa shape index (κ1) is 19.7. The highest BCUT2D eigenvalue weighted by Crippen LogP contribution is 2.17. The molecule has 0 saturated carbocycles. The lowest BCUT2D eigenvalue weighted by molar-refractivity contribution is -0.130. The van der Waals surface area contributed by atoms with Gasteiger partial charge in [0.2, 0.25) is 5.91 Å². The lowest BCUT2D eigenvalue weighted by Gasteiger charge is -2.36. The van der Waals surface area contributed by atoms with Crippen molar-refractivity contribution in [3.63, 3.8) is 0 Å². The molecule has 27 heavy (non-hydrogen) atoms. The summed E-state index contributed by atoms with van der Waals surface area (Å²) in [5.74, 6) is 2.10. The minimum Gasteiger partial charge on any atom is -0.469 e. The highest BCUT2D eigenvalue weighted by Gasteiger charge is 2.24. The van der Waals surface area contributed by atoms with E-state index < -0.39 is 0 Å². The quantitative estimate of drug-likeness (QED) is 0.602. The number of amides is 1. The minimum absolute atomic E-state index is 0.156. The predicted octanol–water partition coefficient (Wildman–Crippen LogP) is 1.42. The van der Waals surface area contributed by atoms with Crippen LogP contribution in [-0.4, -0.2) is 85.0 Å². The lowest BCUT2D eigenvalue weighted by atomic mass is 10.2. The third-order valence-electron chi connectivity index (χ3n) is 5.62. The Balaban J connectivity index is 1.59. The molecule has 2 saturated heterocycles. The summed E-state index contributed by atoms with van der Waals surface area (Å²) >= 11 is 0. The zero-order chi connectivity index (χ0) is 19.1. The van der Waals surface area contributed by atoms with E-state index in [0.29, 0.717) is 6.04 Å². The van der Waals surface area contributed by atoms with E-state index in [4.69, 9.17) is 9.41 Å². The maximum Gasteiger partial charge on any atom is 0.219 e. The van der Waals surface area contributed by atoms with E-state index in [9.17, 15) is 4.79 Å². The van der Waals surface area contributed by atoms with Crippen molar-refractivity contribution in [1.29, 1.82) is 0 Å². The molecule has 0 spiro atoms. The highest BCUT2D eigenvalue weighted by molar-refractivity contribution is 5.80. The molecule has 3 rings (SSSR count). The van der Waals surface area contributed by atoms with E-state index in [2.05, 4.69) is 22.0 Å². The number of hydrogen-bond donors (Lipinski definition) is 1. The maximum absolute atomic E-state index is 11.6. The van der Waals surface area contributed by atoms with Crippen LogP contribution in [0.15, 0.2) is 27.8 Å². The molecule has 2 aliphatic rings. The molecule has 1 unspecified atom stereocenters. The second-order valence-electron chi connectivity index (χ2n) is 7.34. The molecule has 0 aromatic carbocycles. The summed E-state index contributed by atoms with van der Waals surface area (Å²) in [6, 6.07) is 4.47. The van der Waals surface area contributed by atoms with Gasteiger partial charge in [0.25, 0.3) is 0 Å². The number of aliphatic imine (C=N–C) groups is 1. The minimum atomic E-state index is 0.156. The number of carbonyl (C=O) groups excluding carboxylic acids is 1. The second-order valence-corrected chi connectivity index (χ2v) is 7.34. The monoisotopic (exact) mass is 375 g/mol. The Hall–Kier alpha value is -2.02. The third-order valence-corrected chi connectivity index (χ3v) is 5.62. The Labute approximate surface area is 162 Å². The van der Waals surface area contributed by atoms with Gasteiger partial charge in [0, 0.05) is 52.1 Å². The number of rotatable bonds is 6. The van der Waals surface area contributed by atoms with Crippen molar-refractivity contribution < 1.29 is 9.21 Å². The van der Waals surface area contributed by atoms with Crippen LogP contribution in [0.5, 0.6) is 0 Å². The van der Waals surface area contributed by atoms with E-state index in [-0.39, 0.29) is 5.91 Å². The normalized spacial score (nSPS) is 21.7. The number of nitrogens with zero attached hydrogens (tertiary/aromatic N) is 4. The van der Waals surface area contributed by atoms with Crippen molar-refractivity contribution in [1.82, 2.24) is 20.0 Å². The second kappa shape index (κ2) is 9.78. The van der Waals surface area contributed by atoms with Crippen molar-refractivity contribution in [3.05, 3.63) is 24.2 Å². The molecule has 0 bridgehead atoms. The molecular weight excluding hydrogens is 342 g/mol. The first-order chi connectivity index (χ1) is 13.2. The maximum atomic E-state index is 11.6. The largest absolute Gasteiger partial charge is 0.469 e. The molecule has 0 radical (unpaired) electrons. The molecule has 1 aromatic rings. The number of hydrogen-bond acceptors (Lipinski definition) is 4. The summed E-state index contributed by atoms with van der Waals surface area (Å²) in [5.41, 5.74) is 0. The molecule has 2 fully saturated rings. The molecule has 1 N–H and O–H groups in total. The molecule has 7 nitrogen and oxygen atoms in total. The smallest absolute Gasteiger partial charge is 0.219 e. The molecule has 1 atom stereocenters. The summed E-state index contributed by atoms with van der Waals surface area (Å²) < 4.78 is 5.43. The van der Waals surface area contributed by atoms with Crippen LogP contribution in [0, 0.1) is 0 Å². The summed E-state index contributed by atoms with van der Waals surface area (Å²) in [7, 11) is 0. The molecule has 2 aliphatic heterocycles. The molecule has 1 amide bonds. The average Bonchev–Trinajstić information content (AvgIpc) is 3.36. The topological polar surface area (TPSA) is 64.3 Å². The number of carbonyl (C=O) groups is 1. The average molecular weight is 376 g/mol. The van der Waals surface area contributed by atoms with Gasteiger partial charge in [0.1, 0.15) is 5.76 Å². The van der Waals surface area contributed by atoms with Gasteiger partial charge < -0.3 is 19.5 Å². The van der Waals surface area contributed by atoms with Gasteiger partial charge in [-0.1, -0.05) is 6.92 Å². The van der Waals surface area contributed by atoms with Gasteiger partial charge in [-0.05, 0) is 38.1 Å². The van der Waals surface area contributed by atoms with Gasteiger partial charge >= 0.3 is 0 Å². The molecule has 150 valence electrons. The van der Waals surface area contributed by atoms with Gasteiger partial charge in [0.05, 0.1) is 12.8 Å². The van der Waals surface area contributed by atoms with Crippen LogP contribution in [0.4, 0.5) is 0 Å². The van der Waals surface area contributed by atoms with Gasteiger partial charge in [0.15, 0.2) is 5.96 Å². The number of nitrogens with one attached hydrogen (secondary N) is 1. The Kier molecular flexibility index (Phi) is 7.15. The van der Waals surface area contributed by atoms with Crippen LogP contribution < -0.4 is 5.32 Å². The van der Waals surface area contributed by atoms with Gasteiger partial charge in [-0.2, -0.15) is 0 Å². The van der Waals surface area contributed by atoms with Gasteiger partial charge in [-0.15, -0.1) is 0 Å². The lowest BCUT2D eigenvalue weighted by Crippen LogP contribution is -2.53. The summed E-state index contributed by atoms with van der Waals surface area (Å²) in [6.07, 6.45) is 5.05. The number of likely N-dealkylation sites (N-methyl/N-ethyl adjacent to an activating group) is 1. The zero-order valence-corrected chi connectivity index (χ0v) is 16.7. The van der Waals surface area contributed by atoms with Crippen molar-refractivity contribution >= 4 is 11.9 Å². The number of furan rings is 1. The standard InChI is InChI=1S/C20H33N5O2/c1-3-23-10-4-6-18(23)16-22-20(21-9-8-19-7-5-15-27-19)25-13-11-24(12-14-25)17(2)26/h5,7,15,18H,3-4,6,8-14,16H2,1-2H3,(H,21,22). The van der Waals surface area contributed by atoms with Crippen LogP contribution in [0.1, 0.15) is 32.4 Å². The van der Waals surface area contributed by atoms with Crippen molar-refractivity contribution in [2.75, 3.05) is 52.4 Å². The first-order valence-electron chi connectivity index (χ1n) is 10.2. The number of piperazine rings is 1. The summed E-state index contributed by atoms with van der Waals surface area (Å²) in [4.78, 5) is 23.3. The summed E-state index contributed by atoms with van der Waals surface area (Å²) in [6.45, 7) is 11.0. The molecule has 3 heterocycles. The van der Waals surface area contributed by atoms with E-state index in [1.807, 2.05) is 17.0 Å². The Morgan fingerprint density at radius 3 is 2.70 bits per heavy atom. The number of likely N-dealkylation sites (tertiary alicyclic amines) is 1. The predicted molar refractivity (Wildman–Crippen MR) is 107 cm³/mol. The molecule has 0 aliphatic carbocycles. The SMILES string of the molecule is CCN1CCCC1CN=C(NCCc1ccco1)N1CCN(C(C)=O)CC1. The highest BCUT2D eigenvalue weighted by atomic mass is 16.3. The van der Waals surface area contributed by atoms with Crippen molar-refractivity contribution in [3.8, 4) is 0 Å². The Bertz CT molecular complexity index is 608. The molecule has 1 aromatic heterocycles. The number of guanidine groups is 1.